The van der Waals surface area contributed by atoms with Crippen molar-refractivity contribution in [2.75, 3.05) is 14.1 Å². The fourth-order valence-corrected chi connectivity index (χ4v) is 0.470. The lowest BCUT2D eigenvalue weighted by atomic mass is 10.6. The second-order valence-electron chi connectivity index (χ2n) is 2.12. The minimum atomic E-state index is 0.577. The highest BCUT2D eigenvalue weighted by Gasteiger charge is 1.86. The molecule has 0 saturated heterocycles. The predicted octanol–water partition coefficient (Wildman–Crippen LogP) is 0.0670. The molecule has 0 fully saturated rings. The maximum Gasteiger partial charge on any atom is 0.132 e. The van der Waals surface area contributed by atoms with Crippen LogP contribution in [-0.4, -0.2) is 25.3 Å². The number of nitrogens with two attached hydrogens (primary N) is 1. The fourth-order valence-electron chi connectivity index (χ4n) is 0.470. The number of hydrogen-bond donors (Lipinski definition) is 2. The molecule has 3 N–H and O–H groups in total. The van der Waals surface area contributed by atoms with Gasteiger partial charge in [-0.2, -0.15) is 0 Å². The molecule has 4 heteroatoms. The molecule has 62 valence electrons. The maximum atomic E-state index is 5.08. The van der Waals surface area contributed by atoms with E-state index >= 15 is 0 Å². The van der Waals surface area contributed by atoms with Crippen molar-refractivity contribution in [1.29, 1.82) is 0 Å². The molecule has 0 unspecified atom stereocenters. The summed E-state index contributed by atoms with van der Waals surface area (Å²) in [5, 5.41) is 1.76. The number of allylic oxidation sites excluding steroid dienone is 1. The number of nitrogens with zero attached hydrogens (tertiary/aromatic N) is 2. The van der Waals surface area contributed by atoms with Crippen LogP contribution in [0.1, 0.15) is 0 Å². The molecule has 0 aliphatic rings. The minimum Gasteiger partial charge on any atom is -0.405 e. The van der Waals surface area contributed by atoms with E-state index < -0.39 is 0 Å². The number of hydrogen-bond acceptors (Lipinski definition) is 4. The molecule has 0 aromatic rings. The highest BCUT2D eigenvalue weighted by molar-refractivity contribution is 5.71. The summed E-state index contributed by atoms with van der Waals surface area (Å²) in [6.45, 7) is 3.64. The van der Waals surface area contributed by atoms with Crippen LogP contribution in [0.3, 0.4) is 0 Å². The Morgan fingerprint density at radius 2 is 2.27 bits per heavy atom. The zero-order valence-electron chi connectivity index (χ0n) is 6.91. The van der Waals surface area contributed by atoms with E-state index in [1.165, 1.54) is 6.20 Å². The summed E-state index contributed by atoms with van der Waals surface area (Å²) in [5.74, 6) is 0.577. The third-order valence-corrected chi connectivity index (χ3v) is 0.780. The van der Waals surface area contributed by atoms with Gasteiger partial charge in [-0.25, -0.2) is 10.0 Å². The van der Waals surface area contributed by atoms with Crippen LogP contribution in [0.25, 0.3) is 0 Å². The Balaban J connectivity index is 3.69. The van der Waals surface area contributed by atoms with E-state index in [2.05, 4.69) is 17.0 Å². The Bertz CT molecular complexity index is 169. The van der Waals surface area contributed by atoms with E-state index in [1.807, 2.05) is 14.1 Å². The molecule has 0 radical (unpaired) electrons. The molecule has 0 saturated carbocycles. The topological polar surface area (TPSA) is 53.6 Å². The summed E-state index contributed by atoms with van der Waals surface area (Å²) in [6, 6.07) is 0. The summed E-state index contributed by atoms with van der Waals surface area (Å²) in [4.78, 5) is 3.92. The third kappa shape index (κ3) is 6.60. The predicted molar refractivity (Wildman–Crippen MR) is 47.8 cm³/mol. The quantitative estimate of drug-likeness (QED) is 0.445. The van der Waals surface area contributed by atoms with Gasteiger partial charge >= 0.3 is 0 Å². The van der Waals surface area contributed by atoms with Crippen molar-refractivity contribution in [3.8, 4) is 0 Å². The first kappa shape index (κ1) is 9.71. The zero-order valence-corrected chi connectivity index (χ0v) is 6.91. The monoisotopic (exact) mass is 154 g/mol. The maximum absolute atomic E-state index is 5.08. The summed E-state index contributed by atoms with van der Waals surface area (Å²) >= 11 is 0. The minimum absolute atomic E-state index is 0.577. The van der Waals surface area contributed by atoms with Crippen LogP contribution in [0.15, 0.2) is 29.7 Å². The molecular formula is C7H14N4. The van der Waals surface area contributed by atoms with E-state index in [0.29, 0.717) is 5.82 Å². The number of rotatable bonds is 4. The van der Waals surface area contributed by atoms with Crippen molar-refractivity contribution in [1.82, 2.24) is 10.4 Å². The molecule has 0 atom stereocenters. The lowest BCUT2D eigenvalue weighted by Crippen LogP contribution is -2.28. The highest BCUT2D eigenvalue weighted by atomic mass is 15.5. The van der Waals surface area contributed by atoms with Gasteiger partial charge in [0.1, 0.15) is 5.82 Å². The lowest BCUT2D eigenvalue weighted by molar-refractivity contribution is 0.327. The van der Waals surface area contributed by atoms with Crippen molar-refractivity contribution in [2.24, 2.45) is 10.7 Å². The average Bonchev–Trinajstić information content (AvgIpc) is 1.86. The number of aliphatic imine (C=N–C) groups is 1. The molecular weight excluding hydrogens is 140 g/mol. The molecule has 0 aliphatic carbocycles. The fraction of sp³-hybridized carbons (Fsp3) is 0.286. The largest absolute Gasteiger partial charge is 0.405 e. The van der Waals surface area contributed by atoms with Gasteiger partial charge in [-0.3, -0.25) is 0 Å². The lowest BCUT2D eigenvalue weighted by Gasteiger charge is -2.11. The van der Waals surface area contributed by atoms with Crippen LogP contribution < -0.4 is 11.2 Å². The van der Waals surface area contributed by atoms with Crippen LogP contribution in [0.2, 0.25) is 0 Å². The van der Waals surface area contributed by atoms with Gasteiger partial charge in [0, 0.05) is 20.3 Å². The summed E-state index contributed by atoms with van der Waals surface area (Å²) < 4.78 is 0. The molecule has 0 aromatic carbocycles. The first-order chi connectivity index (χ1) is 5.16. The summed E-state index contributed by atoms with van der Waals surface area (Å²) in [7, 11) is 3.72. The Morgan fingerprint density at radius 3 is 2.73 bits per heavy atom. The van der Waals surface area contributed by atoms with E-state index in [9.17, 15) is 0 Å². The van der Waals surface area contributed by atoms with E-state index in [4.69, 9.17) is 5.73 Å². The third-order valence-electron chi connectivity index (χ3n) is 0.780. The molecule has 0 heterocycles. The smallest absolute Gasteiger partial charge is 0.132 e. The molecule has 0 aromatic heterocycles. The first-order valence-electron chi connectivity index (χ1n) is 3.20. The van der Waals surface area contributed by atoms with E-state index in [1.54, 1.807) is 17.3 Å². The van der Waals surface area contributed by atoms with Crippen molar-refractivity contribution < 1.29 is 0 Å². The van der Waals surface area contributed by atoms with Gasteiger partial charge in [-0.05, 0) is 12.3 Å². The molecule has 0 aliphatic heterocycles. The van der Waals surface area contributed by atoms with Crippen LogP contribution in [-0.2, 0) is 0 Å². The standard InChI is InChI=1S/C7H14N4/c1-7(10-11(2)3)9-6-4-5-8/h4-6,10H,1,8H2,2-3H3/b5-4-,9-6-. The number of hydrazine groups is 1. The van der Waals surface area contributed by atoms with Crippen molar-refractivity contribution in [2.45, 2.75) is 0 Å². The van der Waals surface area contributed by atoms with Gasteiger partial charge in [0.15, 0.2) is 0 Å². The van der Waals surface area contributed by atoms with Gasteiger partial charge in [0.2, 0.25) is 0 Å². The molecule has 0 rings (SSSR count). The number of nitrogens with one attached hydrogen (secondary N) is 1. The van der Waals surface area contributed by atoms with Crippen LogP contribution in [0.5, 0.6) is 0 Å². The van der Waals surface area contributed by atoms with Crippen LogP contribution >= 0.6 is 0 Å². The molecule has 0 spiro atoms. The molecule has 11 heavy (non-hydrogen) atoms. The van der Waals surface area contributed by atoms with E-state index in [-0.39, 0.29) is 0 Å². The molecule has 4 nitrogen and oxygen atoms in total. The van der Waals surface area contributed by atoms with Crippen molar-refractivity contribution in [3.63, 3.8) is 0 Å². The SMILES string of the molecule is C=C(/N=C\C=C/N)NN(C)C. The summed E-state index contributed by atoms with van der Waals surface area (Å²) in [6.07, 6.45) is 4.60. The van der Waals surface area contributed by atoms with Crippen molar-refractivity contribution >= 4 is 6.21 Å². The Kier molecular flexibility index (Phi) is 4.85. The van der Waals surface area contributed by atoms with Gasteiger partial charge in [0.25, 0.3) is 0 Å². The van der Waals surface area contributed by atoms with Crippen molar-refractivity contribution in [3.05, 3.63) is 24.7 Å². The van der Waals surface area contributed by atoms with Crippen LogP contribution in [0.4, 0.5) is 0 Å². The van der Waals surface area contributed by atoms with Gasteiger partial charge in [-0.1, -0.05) is 6.58 Å². The Morgan fingerprint density at radius 1 is 1.64 bits per heavy atom. The second-order valence-corrected chi connectivity index (χ2v) is 2.12. The van der Waals surface area contributed by atoms with Gasteiger partial charge in [0.05, 0.1) is 0 Å². The van der Waals surface area contributed by atoms with Gasteiger partial charge < -0.3 is 11.2 Å². The van der Waals surface area contributed by atoms with Gasteiger partial charge in [-0.15, -0.1) is 0 Å². The normalized spacial score (nSPS) is 11.5. The highest BCUT2D eigenvalue weighted by Crippen LogP contribution is 1.84. The average molecular weight is 154 g/mol. The van der Waals surface area contributed by atoms with Crippen LogP contribution in [0, 0.1) is 0 Å². The first-order valence-corrected chi connectivity index (χ1v) is 3.20. The summed E-state index contributed by atoms with van der Waals surface area (Å²) in [5.41, 5.74) is 7.95. The Hall–Kier alpha value is -1.29. The Labute approximate surface area is 67.1 Å². The van der Waals surface area contributed by atoms with E-state index in [0.717, 1.165) is 0 Å². The molecule has 0 amide bonds. The molecule has 0 bridgehead atoms. The second kappa shape index (κ2) is 5.49. The zero-order chi connectivity index (χ0) is 8.69.